The van der Waals surface area contributed by atoms with E-state index in [0.717, 1.165) is 0 Å². The number of likely N-dealkylation sites (N-methyl/N-ethyl adjacent to an activating group) is 1. The van der Waals surface area contributed by atoms with Crippen molar-refractivity contribution in [3.8, 4) is 0 Å². The van der Waals surface area contributed by atoms with Gasteiger partial charge in [0.1, 0.15) is 11.9 Å². The minimum absolute atomic E-state index is 0.119. The second kappa shape index (κ2) is 10.5. The van der Waals surface area contributed by atoms with Gasteiger partial charge in [0, 0.05) is 25.7 Å². The van der Waals surface area contributed by atoms with Crippen LogP contribution in [0.4, 0.5) is 0 Å². The average Bonchev–Trinajstić information content (AvgIpc) is 3.07. The van der Waals surface area contributed by atoms with Crippen LogP contribution in [-0.4, -0.2) is 81.2 Å². The standard InChI is InChI=1S/C23H32N4O6S/c1-5-33-23(30)16-9-8-12-27(13-16)19(28)14-26(4)22(29)20(15(2)3)24-21-17-10-6-7-11-18(17)34(31,32)25-21/h6-7,10-11,15-16,20H,5,8-9,12-14H2,1-4H3,(H,24,25)/t16?,20-/m0/s1. The lowest BCUT2D eigenvalue weighted by Crippen LogP contribution is -2.49. The zero-order valence-electron chi connectivity index (χ0n) is 20.0. The maximum atomic E-state index is 13.2. The summed E-state index contributed by atoms with van der Waals surface area (Å²) in [6.45, 7) is 6.29. The van der Waals surface area contributed by atoms with Crippen LogP contribution in [0.1, 0.15) is 39.2 Å². The number of sulfonamides is 1. The molecule has 2 atom stereocenters. The van der Waals surface area contributed by atoms with E-state index in [9.17, 15) is 22.8 Å². The number of amidine groups is 1. The smallest absolute Gasteiger partial charge is 0.310 e. The molecule has 186 valence electrons. The first-order valence-corrected chi connectivity index (χ1v) is 12.9. The Morgan fingerprint density at radius 1 is 1.26 bits per heavy atom. The van der Waals surface area contributed by atoms with E-state index in [1.807, 2.05) is 13.8 Å². The quantitative estimate of drug-likeness (QED) is 0.567. The van der Waals surface area contributed by atoms with Crippen molar-refractivity contribution < 1.29 is 27.5 Å². The highest BCUT2D eigenvalue weighted by atomic mass is 32.2. The molecule has 2 aliphatic rings. The number of rotatable bonds is 7. The number of hydrogen-bond acceptors (Lipinski definition) is 7. The van der Waals surface area contributed by atoms with Crippen molar-refractivity contribution in [2.45, 2.75) is 44.6 Å². The molecule has 0 aromatic heterocycles. The fourth-order valence-electron chi connectivity index (χ4n) is 4.12. The molecule has 1 N–H and O–H groups in total. The second-order valence-electron chi connectivity index (χ2n) is 8.89. The molecular weight excluding hydrogens is 460 g/mol. The van der Waals surface area contributed by atoms with Crippen LogP contribution in [0.2, 0.25) is 0 Å². The number of aliphatic imine (C=N–C) groups is 1. The van der Waals surface area contributed by atoms with Crippen molar-refractivity contribution in [1.82, 2.24) is 14.5 Å². The first-order valence-electron chi connectivity index (χ1n) is 11.4. The van der Waals surface area contributed by atoms with Crippen LogP contribution in [-0.2, 0) is 29.1 Å². The van der Waals surface area contributed by atoms with Crippen LogP contribution in [0.5, 0.6) is 0 Å². The third-order valence-electron chi connectivity index (χ3n) is 5.96. The number of ether oxygens (including phenoxy) is 1. The number of piperidine rings is 1. The molecule has 11 heteroatoms. The Labute approximate surface area is 200 Å². The van der Waals surface area contributed by atoms with Gasteiger partial charge in [-0.05, 0) is 37.8 Å². The maximum Gasteiger partial charge on any atom is 0.310 e. The van der Waals surface area contributed by atoms with E-state index in [1.165, 1.54) is 18.0 Å². The van der Waals surface area contributed by atoms with Crippen molar-refractivity contribution in [3.63, 3.8) is 0 Å². The van der Waals surface area contributed by atoms with E-state index < -0.39 is 22.0 Å². The van der Waals surface area contributed by atoms with Crippen LogP contribution in [0.25, 0.3) is 0 Å². The van der Waals surface area contributed by atoms with Gasteiger partial charge in [0.05, 0.1) is 24.0 Å². The summed E-state index contributed by atoms with van der Waals surface area (Å²) in [6, 6.07) is 5.57. The second-order valence-corrected chi connectivity index (χ2v) is 10.5. The van der Waals surface area contributed by atoms with E-state index in [0.29, 0.717) is 31.6 Å². The van der Waals surface area contributed by atoms with E-state index in [-0.39, 0.29) is 47.5 Å². The molecule has 1 saturated heterocycles. The fraction of sp³-hybridized carbons (Fsp3) is 0.565. The summed E-state index contributed by atoms with van der Waals surface area (Å²) < 4.78 is 32.3. The number of likely N-dealkylation sites (tertiary alicyclic amines) is 1. The molecule has 3 rings (SSSR count). The Morgan fingerprint density at radius 3 is 2.65 bits per heavy atom. The molecule has 2 amide bonds. The summed E-state index contributed by atoms with van der Waals surface area (Å²) in [6.07, 6.45) is 1.36. The molecule has 1 fully saturated rings. The van der Waals surface area contributed by atoms with Gasteiger partial charge in [-0.15, -0.1) is 0 Å². The number of benzene rings is 1. The monoisotopic (exact) mass is 492 g/mol. The van der Waals surface area contributed by atoms with Crippen molar-refractivity contribution in [2.24, 2.45) is 16.8 Å². The van der Waals surface area contributed by atoms with Gasteiger partial charge >= 0.3 is 5.97 Å². The minimum Gasteiger partial charge on any atom is -0.466 e. The molecule has 0 spiro atoms. The highest BCUT2D eigenvalue weighted by molar-refractivity contribution is 7.90. The fourth-order valence-corrected chi connectivity index (χ4v) is 5.36. The lowest BCUT2D eigenvalue weighted by Gasteiger charge is -2.33. The Morgan fingerprint density at radius 2 is 1.97 bits per heavy atom. The Balaban J connectivity index is 1.71. The lowest BCUT2D eigenvalue weighted by atomic mass is 9.98. The molecule has 1 unspecified atom stereocenters. The predicted octanol–water partition coefficient (Wildman–Crippen LogP) is 1.01. The molecule has 0 radical (unpaired) electrons. The zero-order valence-corrected chi connectivity index (χ0v) is 20.8. The molecule has 34 heavy (non-hydrogen) atoms. The Hall–Kier alpha value is -2.95. The van der Waals surface area contributed by atoms with E-state index in [1.54, 1.807) is 30.0 Å². The molecule has 1 aromatic rings. The largest absolute Gasteiger partial charge is 0.466 e. The van der Waals surface area contributed by atoms with E-state index in [2.05, 4.69) is 9.71 Å². The van der Waals surface area contributed by atoms with Crippen LogP contribution in [0, 0.1) is 11.8 Å². The van der Waals surface area contributed by atoms with Gasteiger partial charge in [-0.25, -0.2) is 8.42 Å². The Bertz CT molecular complexity index is 1080. The number of hydrogen-bond donors (Lipinski definition) is 1. The topological polar surface area (TPSA) is 125 Å². The third-order valence-corrected chi connectivity index (χ3v) is 7.36. The highest BCUT2D eigenvalue weighted by Gasteiger charge is 2.35. The van der Waals surface area contributed by atoms with Crippen molar-refractivity contribution in [2.75, 3.05) is 33.3 Å². The number of nitrogens with one attached hydrogen (secondary N) is 1. The summed E-state index contributed by atoms with van der Waals surface area (Å²) in [5.41, 5.74) is 0.415. The van der Waals surface area contributed by atoms with Gasteiger partial charge in [-0.3, -0.25) is 24.1 Å². The van der Waals surface area contributed by atoms with Crippen LogP contribution in [0.3, 0.4) is 0 Å². The molecule has 10 nitrogen and oxygen atoms in total. The first-order chi connectivity index (χ1) is 16.0. The zero-order chi connectivity index (χ0) is 25.0. The number of nitrogens with zero attached hydrogens (tertiary/aromatic N) is 3. The normalized spacial score (nSPS) is 21.0. The van der Waals surface area contributed by atoms with Crippen LogP contribution in [0.15, 0.2) is 34.2 Å². The third kappa shape index (κ3) is 5.57. The van der Waals surface area contributed by atoms with E-state index >= 15 is 0 Å². The number of carbonyl (C=O) groups excluding carboxylic acids is 3. The summed E-state index contributed by atoms with van der Waals surface area (Å²) in [5, 5.41) is 0. The maximum absolute atomic E-state index is 13.2. The van der Waals surface area contributed by atoms with Gasteiger partial charge in [-0.2, -0.15) is 0 Å². The SMILES string of the molecule is CCOC(=O)C1CCCN(C(=O)CN(C)C(=O)[C@@H](N=C2NS(=O)(=O)c3ccccc32)C(C)C)C1. The number of esters is 1. The first kappa shape index (κ1) is 25.7. The van der Waals surface area contributed by atoms with Gasteiger partial charge in [0.25, 0.3) is 10.0 Å². The molecular formula is C23H32N4O6S. The van der Waals surface area contributed by atoms with Crippen molar-refractivity contribution in [1.29, 1.82) is 0 Å². The molecule has 0 saturated carbocycles. The summed E-state index contributed by atoms with van der Waals surface area (Å²) >= 11 is 0. The van der Waals surface area contributed by atoms with Crippen LogP contribution >= 0.6 is 0 Å². The van der Waals surface area contributed by atoms with Gasteiger partial charge in [-0.1, -0.05) is 26.0 Å². The summed E-state index contributed by atoms with van der Waals surface area (Å²) in [4.78, 5) is 45.6. The molecule has 0 aliphatic carbocycles. The molecule has 2 heterocycles. The number of carbonyl (C=O) groups is 3. The number of fused-ring (bicyclic) bond motifs is 1. The van der Waals surface area contributed by atoms with Crippen molar-refractivity contribution >= 4 is 33.6 Å². The highest BCUT2D eigenvalue weighted by Crippen LogP contribution is 2.24. The van der Waals surface area contributed by atoms with Crippen molar-refractivity contribution in [3.05, 3.63) is 29.8 Å². The van der Waals surface area contributed by atoms with Gasteiger partial charge < -0.3 is 14.5 Å². The molecule has 1 aromatic carbocycles. The van der Waals surface area contributed by atoms with Crippen LogP contribution < -0.4 is 4.72 Å². The summed E-state index contributed by atoms with van der Waals surface area (Å²) in [5.74, 6) is -1.43. The molecule has 0 bridgehead atoms. The predicted molar refractivity (Wildman–Crippen MR) is 126 cm³/mol. The number of amides is 2. The average molecular weight is 493 g/mol. The Kier molecular flexibility index (Phi) is 7.96. The summed E-state index contributed by atoms with van der Waals surface area (Å²) in [7, 11) is -2.20. The minimum atomic E-state index is -3.73. The molecule has 2 aliphatic heterocycles. The van der Waals surface area contributed by atoms with E-state index in [4.69, 9.17) is 4.74 Å². The van der Waals surface area contributed by atoms with Gasteiger partial charge in [0.15, 0.2) is 0 Å². The lowest BCUT2D eigenvalue weighted by molar-refractivity contribution is -0.152. The van der Waals surface area contributed by atoms with Gasteiger partial charge in [0.2, 0.25) is 11.8 Å².